The van der Waals surface area contributed by atoms with Crippen LogP contribution in [0.5, 0.6) is 5.75 Å². The number of rotatable bonds is 7. The Bertz CT molecular complexity index is 1330. The number of halogens is 2. The van der Waals surface area contributed by atoms with Crippen molar-refractivity contribution in [2.24, 2.45) is 5.92 Å². The molecule has 1 N–H and O–H groups in total. The van der Waals surface area contributed by atoms with Crippen LogP contribution in [0.4, 0.5) is 8.78 Å². The van der Waals surface area contributed by atoms with Crippen LogP contribution >= 0.6 is 0 Å². The fourth-order valence-corrected chi connectivity index (χ4v) is 6.41. The van der Waals surface area contributed by atoms with E-state index >= 15 is 0 Å². The molecule has 0 saturated carbocycles. The van der Waals surface area contributed by atoms with E-state index in [1.807, 2.05) is 24.9 Å². The number of hydrogen-bond donors (Lipinski definition) is 1. The first-order valence-corrected chi connectivity index (χ1v) is 13.6. The normalized spacial score (nSPS) is 20.5. The molecule has 3 aromatic rings. The van der Waals surface area contributed by atoms with Gasteiger partial charge in [0.1, 0.15) is 28.4 Å². The summed E-state index contributed by atoms with van der Waals surface area (Å²) >= 11 is 0. The molecule has 1 heterocycles. The number of nitrogens with zero attached hydrogens (tertiary/aromatic N) is 2. The Morgan fingerprint density at radius 3 is 2.43 bits per heavy atom. The standard InChI is InChI=1S/C28H32F2N2O4S/c1-19-15-32(20(2)18-33)37(34,35)28-12-9-23(22-7-10-24(29)11-8-22)14-26(28)36-27(19)17-31(3)16-21-5-4-6-25(30)13-21/h4-14,19-20,27,33H,15-18H2,1-3H3/t19-,20-,27-/m1/s1. The van der Waals surface area contributed by atoms with Gasteiger partial charge in [-0.05, 0) is 67.1 Å². The molecule has 0 aliphatic carbocycles. The molecule has 0 unspecified atom stereocenters. The highest BCUT2D eigenvalue weighted by molar-refractivity contribution is 7.89. The lowest BCUT2D eigenvalue weighted by molar-refractivity contribution is 0.0734. The van der Waals surface area contributed by atoms with Crippen LogP contribution in [0.25, 0.3) is 11.1 Å². The fraction of sp³-hybridized carbons (Fsp3) is 0.357. The van der Waals surface area contributed by atoms with Crippen molar-refractivity contribution >= 4 is 10.0 Å². The molecule has 4 rings (SSSR count). The second kappa shape index (κ2) is 11.3. The molecule has 37 heavy (non-hydrogen) atoms. The van der Waals surface area contributed by atoms with Crippen LogP contribution in [-0.2, 0) is 16.6 Å². The summed E-state index contributed by atoms with van der Waals surface area (Å²) in [5.74, 6) is -0.686. The molecule has 6 nitrogen and oxygen atoms in total. The highest BCUT2D eigenvalue weighted by Gasteiger charge is 2.38. The molecule has 3 aromatic carbocycles. The van der Waals surface area contributed by atoms with E-state index < -0.39 is 22.2 Å². The summed E-state index contributed by atoms with van der Waals surface area (Å²) < 4.78 is 62.2. The molecular formula is C28H32F2N2O4S. The van der Waals surface area contributed by atoms with Crippen molar-refractivity contribution in [1.82, 2.24) is 9.21 Å². The minimum atomic E-state index is -3.96. The maximum atomic E-state index is 13.7. The number of sulfonamides is 1. The van der Waals surface area contributed by atoms with Crippen LogP contribution in [0, 0.1) is 17.6 Å². The molecule has 198 valence electrons. The number of fused-ring (bicyclic) bond motifs is 1. The monoisotopic (exact) mass is 530 g/mol. The lowest BCUT2D eigenvalue weighted by Crippen LogP contribution is -2.49. The zero-order valence-electron chi connectivity index (χ0n) is 21.1. The number of likely N-dealkylation sites (N-methyl/N-ethyl adjacent to an activating group) is 1. The molecule has 1 aliphatic heterocycles. The first-order valence-electron chi connectivity index (χ1n) is 12.2. The molecule has 0 aromatic heterocycles. The number of aliphatic hydroxyl groups is 1. The summed E-state index contributed by atoms with van der Waals surface area (Å²) in [5.41, 5.74) is 2.23. The van der Waals surface area contributed by atoms with Crippen LogP contribution < -0.4 is 4.74 Å². The molecule has 0 bridgehead atoms. The van der Waals surface area contributed by atoms with Gasteiger partial charge in [-0.1, -0.05) is 37.3 Å². The van der Waals surface area contributed by atoms with Gasteiger partial charge >= 0.3 is 0 Å². The van der Waals surface area contributed by atoms with Crippen molar-refractivity contribution in [3.8, 4) is 16.9 Å². The van der Waals surface area contributed by atoms with Crippen molar-refractivity contribution in [3.05, 3.63) is 83.9 Å². The summed E-state index contributed by atoms with van der Waals surface area (Å²) in [5, 5.41) is 9.82. The second-order valence-corrected chi connectivity index (χ2v) is 11.6. The highest BCUT2D eigenvalue weighted by atomic mass is 32.2. The van der Waals surface area contributed by atoms with E-state index in [2.05, 4.69) is 0 Å². The van der Waals surface area contributed by atoms with Gasteiger partial charge in [0.15, 0.2) is 0 Å². The summed E-state index contributed by atoms with van der Waals surface area (Å²) in [6.45, 7) is 4.38. The van der Waals surface area contributed by atoms with Crippen molar-refractivity contribution in [3.63, 3.8) is 0 Å². The lowest BCUT2D eigenvalue weighted by Gasteiger charge is -2.37. The molecule has 3 atom stereocenters. The van der Waals surface area contributed by atoms with Crippen LogP contribution in [0.3, 0.4) is 0 Å². The third-order valence-corrected chi connectivity index (χ3v) is 8.70. The van der Waals surface area contributed by atoms with E-state index in [9.17, 15) is 22.3 Å². The Morgan fingerprint density at radius 2 is 1.76 bits per heavy atom. The van der Waals surface area contributed by atoms with E-state index in [0.717, 1.165) is 11.1 Å². The zero-order chi connectivity index (χ0) is 26.7. The Balaban J connectivity index is 1.71. The van der Waals surface area contributed by atoms with Crippen molar-refractivity contribution in [2.45, 2.75) is 37.4 Å². The van der Waals surface area contributed by atoms with Gasteiger partial charge in [-0.2, -0.15) is 4.31 Å². The maximum absolute atomic E-state index is 13.7. The van der Waals surface area contributed by atoms with Crippen molar-refractivity contribution in [2.75, 3.05) is 26.7 Å². The van der Waals surface area contributed by atoms with E-state index in [0.29, 0.717) is 18.7 Å². The summed E-state index contributed by atoms with van der Waals surface area (Å²) in [6, 6.07) is 16.6. The van der Waals surface area contributed by atoms with E-state index in [1.165, 1.54) is 34.6 Å². The minimum Gasteiger partial charge on any atom is -0.487 e. The summed E-state index contributed by atoms with van der Waals surface area (Å²) in [7, 11) is -2.06. The number of aliphatic hydroxyl groups excluding tert-OH is 1. The Morgan fingerprint density at radius 1 is 1.05 bits per heavy atom. The second-order valence-electron chi connectivity index (χ2n) is 9.73. The van der Waals surface area contributed by atoms with Gasteiger partial charge in [0, 0.05) is 31.6 Å². The van der Waals surface area contributed by atoms with Gasteiger partial charge < -0.3 is 9.84 Å². The Kier molecular flexibility index (Phi) is 8.28. The highest BCUT2D eigenvalue weighted by Crippen LogP contribution is 2.36. The summed E-state index contributed by atoms with van der Waals surface area (Å²) in [6.07, 6.45) is -0.398. The SMILES string of the molecule is C[C@@H]1CN([C@H](C)CO)S(=O)(=O)c2ccc(-c3ccc(F)cc3)cc2O[C@@H]1CN(C)Cc1cccc(F)c1. The third kappa shape index (κ3) is 6.18. The van der Waals surface area contributed by atoms with E-state index in [-0.39, 0.29) is 41.3 Å². The van der Waals surface area contributed by atoms with Gasteiger partial charge in [-0.15, -0.1) is 0 Å². The van der Waals surface area contributed by atoms with E-state index in [4.69, 9.17) is 4.74 Å². The van der Waals surface area contributed by atoms with Crippen LogP contribution in [0.2, 0.25) is 0 Å². The van der Waals surface area contributed by atoms with E-state index in [1.54, 1.807) is 37.3 Å². The summed E-state index contributed by atoms with van der Waals surface area (Å²) in [4.78, 5) is 2.03. The topological polar surface area (TPSA) is 70.1 Å². The molecular weight excluding hydrogens is 498 g/mol. The molecule has 9 heteroatoms. The Labute approximate surface area is 217 Å². The quantitative estimate of drug-likeness (QED) is 0.486. The largest absolute Gasteiger partial charge is 0.487 e. The third-order valence-electron chi connectivity index (χ3n) is 6.68. The maximum Gasteiger partial charge on any atom is 0.247 e. The number of benzene rings is 3. The van der Waals surface area contributed by atoms with Gasteiger partial charge in [0.05, 0.1) is 6.61 Å². The molecule has 1 aliphatic rings. The van der Waals surface area contributed by atoms with Crippen LogP contribution in [-0.4, -0.2) is 61.6 Å². The first kappa shape index (κ1) is 27.2. The average molecular weight is 531 g/mol. The first-order chi connectivity index (χ1) is 17.6. The van der Waals surface area contributed by atoms with Crippen LogP contribution in [0.15, 0.2) is 71.6 Å². The molecule has 0 saturated heterocycles. The number of hydrogen-bond acceptors (Lipinski definition) is 5. The Hall–Kier alpha value is -2.85. The zero-order valence-corrected chi connectivity index (χ0v) is 22.0. The minimum absolute atomic E-state index is 0.0170. The fourth-order valence-electron chi connectivity index (χ4n) is 4.58. The number of ether oxygens (including phenoxy) is 1. The van der Waals surface area contributed by atoms with Crippen molar-refractivity contribution < 1.29 is 27.0 Å². The molecule has 0 spiro atoms. The predicted octanol–water partition coefficient (Wildman–Crippen LogP) is 4.53. The van der Waals surface area contributed by atoms with Crippen LogP contribution in [0.1, 0.15) is 19.4 Å². The predicted molar refractivity (Wildman–Crippen MR) is 139 cm³/mol. The average Bonchev–Trinajstić information content (AvgIpc) is 2.86. The molecule has 0 amide bonds. The van der Waals surface area contributed by atoms with Gasteiger partial charge in [0.25, 0.3) is 0 Å². The molecule has 0 radical (unpaired) electrons. The lowest BCUT2D eigenvalue weighted by atomic mass is 10.0. The van der Waals surface area contributed by atoms with Crippen molar-refractivity contribution in [1.29, 1.82) is 0 Å². The smallest absolute Gasteiger partial charge is 0.247 e. The van der Waals surface area contributed by atoms with Gasteiger partial charge in [-0.3, -0.25) is 4.90 Å². The van der Waals surface area contributed by atoms with Gasteiger partial charge in [0.2, 0.25) is 10.0 Å². The van der Waals surface area contributed by atoms with Gasteiger partial charge in [-0.25, -0.2) is 17.2 Å². The molecule has 0 fully saturated rings.